The van der Waals surface area contributed by atoms with Crippen LogP contribution in [0, 0.1) is 17.8 Å². The Kier molecular flexibility index (Phi) is 8.62. The third-order valence-corrected chi connectivity index (χ3v) is 8.77. The average molecular weight is 527 g/mol. The van der Waals surface area contributed by atoms with Crippen LogP contribution in [0.5, 0.6) is 0 Å². The molecule has 3 unspecified atom stereocenters. The number of hydrogen-bond acceptors (Lipinski definition) is 6. The molecule has 0 aliphatic carbocycles. The molecule has 0 saturated carbocycles. The fourth-order valence-electron chi connectivity index (χ4n) is 6.96. The number of rotatable bonds is 13. The normalized spacial score (nSPS) is 31.4. The lowest BCUT2D eigenvalue weighted by molar-refractivity contribution is -0.162. The van der Waals surface area contributed by atoms with Gasteiger partial charge in [0.2, 0.25) is 11.8 Å². The molecule has 0 radical (unpaired) electrons. The van der Waals surface area contributed by atoms with Crippen molar-refractivity contribution in [2.75, 3.05) is 26.3 Å². The van der Waals surface area contributed by atoms with Crippen molar-refractivity contribution in [2.24, 2.45) is 17.8 Å². The Balaban J connectivity index is 1.71. The first kappa shape index (κ1) is 28.3. The molecule has 0 aromatic heterocycles. The molecule has 4 rings (SSSR count). The van der Waals surface area contributed by atoms with Crippen molar-refractivity contribution in [1.82, 2.24) is 9.80 Å². The Morgan fingerprint density at radius 3 is 2.61 bits per heavy atom. The van der Waals surface area contributed by atoms with Gasteiger partial charge in [0.25, 0.3) is 0 Å². The van der Waals surface area contributed by atoms with Gasteiger partial charge in [-0.25, -0.2) is 0 Å². The molecule has 2 bridgehead atoms. The number of aliphatic hydroxyl groups is 1. The summed E-state index contributed by atoms with van der Waals surface area (Å²) in [6, 6.07) is 8.93. The highest BCUT2D eigenvalue weighted by Gasteiger charge is 2.80. The predicted molar refractivity (Wildman–Crippen MR) is 143 cm³/mol. The quantitative estimate of drug-likeness (QED) is 0.241. The number of carbonyl (C=O) groups is 3. The predicted octanol–water partition coefficient (Wildman–Crippen LogP) is 3.33. The summed E-state index contributed by atoms with van der Waals surface area (Å²) < 4.78 is 12.2. The molecule has 208 valence electrons. The lowest BCUT2D eigenvalue weighted by Gasteiger charge is -2.37. The van der Waals surface area contributed by atoms with Crippen LogP contribution in [-0.2, 0) is 30.4 Å². The lowest BCUT2D eigenvalue weighted by Crippen LogP contribution is -2.56. The van der Waals surface area contributed by atoms with Gasteiger partial charge in [0.05, 0.1) is 18.1 Å². The Bertz CT molecular complexity index is 1030. The summed E-state index contributed by atoms with van der Waals surface area (Å²) in [6.45, 7) is 11.0. The molecule has 3 aliphatic heterocycles. The van der Waals surface area contributed by atoms with Crippen molar-refractivity contribution in [2.45, 2.75) is 76.7 Å². The molecule has 1 aromatic carbocycles. The van der Waals surface area contributed by atoms with Crippen LogP contribution in [0.1, 0.15) is 58.4 Å². The summed E-state index contributed by atoms with van der Waals surface area (Å²) in [7, 11) is 0. The van der Waals surface area contributed by atoms with E-state index in [1.807, 2.05) is 44.2 Å². The van der Waals surface area contributed by atoms with E-state index in [-0.39, 0.29) is 30.9 Å². The second-order valence-corrected chi connectivity index (χ2v) is 11.1. The maximum atomic E-state index is 14.4. The van der Waals surface area contributed by atoms with Gasteiger partial charge in [-0.1, -0.05) is 56.2 Å². The molecule has 8 heteroatoms. The number of likely N-dealkylation sites (tertiary alicyclic amines) is 1. The van der Waals surface area contributed by atoms with Crippen molar-refractivity contribution < 1.29 is 29.0 Å². The highest BCUT2D eigenvalue weighted by atomic mass is 16.6. The van der Waals surface area contributed by atoms with Crippen molar-refractivity contribution in [3.8, 4) is 0 Å². The average Bonchev–Trinajstić information content (AvgIpc) is 3.40. The number of esters is 1. The molecule has 3 aliphatic rings. The third-order valence-electron chi connectivity index (χ3n) is 8.77. The van der Waals surface area contributed by atoms with Gasteiger partial charge in [-0.3, -0.25) is 14.4 Å². The van der Waals surface area contributed by atoms with E-state index in [2.05, 4.69) is 6.58 Å². The Morgan fingerprint density at radius 1 is 1.24 bits per heavy atom. The molecular formula is C30H42N2O6. The summed E-state index contributed by atoms with van der Waals surface area (Å²) in [4.78, 5) is 45.2. The van der Waals surface area contributed by atoms with Gasteiger partial charge < -0.3 is 24.4 Å². The van der Waals surface area contributed by atoms with E-state index in [9.17, 15) is 14.4 Å². The zero-order valence-corrected chi connectivity index (χ0v) is 22.9. The monoisotopic (exact) mass is 526 g/mol. The van der Waals surface area contributed by atoms with Crippen LogP contribution in [0.3, 0.4) is 0 Å². The maximum absolute atomic E-state index is 14.4. The number of aliphatic hydroxyl groups excluding tert-OH is 1. The van der Waals surface area contributed by atoms with Crippen LogP contribution in [0.15, 0.2) is 43.0 Å². The molecule has 1 aromatic rings. The SMILES string of the molecule is C=CCN(Cc1ccccc1)C(=O)C1N(CCCCCCO)C(=O)[C@@H]2[C@@H](C(=O)OCC)[C@]3(C)OC12CC3C. The van der Waals surface area contributed by atoms with E-state index in [0.717, 1.165) is 18.4 Å². The Morgan fingerprint density at radius 2 is 1.95 bits per heavy atom. The van der Waals surface area contributed by atoms with Crippen LogP contribution in [-0.4, -0.2) is 76.2 Å². The maximum Gasteiger partial charge on any atom is 0.312 e. The highest BCUT2D eigenvalue weighted by Crippen LogP contribution is 2.65. The second kappa shape index (κ2) is 11.6. The van der Waals surface area contributed by atoms with Crippen molar-refractivity contribution in [3.05, 3.63) is 48.6 Å². The minimum absolute atomic E-state index is 0.0252. The van der Waals surface area contributed by atoms with E-state index < -0.39 is 35.0 Å². The molecule has 3 fully saturated rings. The lowest BCUT2D eigenvalue weighted by atomic mass is 9.62. The van der Waals surface area contributed by atoms with Gasteiger partial charge in [0, 0.05) is 26.2 Å². The molecule has 6 atom stereocenters. The van der Waals surface area contributed by atoms with Crippen LogP contribution in [0.4, 0.5) is 0 Å². The number of fused-ring (bicyclic) bond motifs is 1. The molecule has 1 N–H and O–H groups in total. The van der Waals surface area contributed by atoms with Crippen molar-refractivity contribution in [1.29, 1.82) is 0 Å². The van der Waals surface area contributed by atoms with E-state index in [4.69, 9.17) is 14.6 Å². The molecule has 3 saturated heterocycles. The first-order valence-corrected chi connectivity index (χ1v) is 14.0. The smallest absolute Gasteiger partial charge is 0.312 e. The molecule has 38 heavy (non-hydrogen) atoms. The largest absolute Gasteiger partial charge is 0.466 e. The van der Waals surface area contributed by atoms with Gasteiger partial charge in [-0.2, -0.15) is 0 Å². The summed E-state index contributed by atoms with van der Waals surface area (Å²) in [6.07, 6.45) is 5.32. The number of unbranched alkanes of at least 4 members (excludes halogenated alkanes) is 3. The minimum Gasteiger partial charge on any atom is -0.466 e. The number of ether oxygens (including phenoxy) is 2. The zero-order valence-electron chi connectivity index (χ0n) is 22.9. The molecule has 8 nitrogen and oxygen atoms in total. The van der Waals surface area contributed by atoms with Crippen LogP contribution >= 0.6 is 0 Å². The van der Waals surface area contributed by atoms with Crippen LogP contribution < -0.4 is 0 Å². The first-order chi connectivity index (χ1) is 18.2. The highest BCUT2D eigenvalue weighted by molar-refractivity contribution is 5.98. The number of nitrogens with zero attached hydrogens (tertiary/aromatic N) is 2. The van der Waals surface area contributed by atoms with Crippen LogP contribution in [0.25, 0.3) is 0 Å². The van der Waals surface area contributed by atoms with Gasteiger partial charge in [0.15, 0.2) is 0 Å². The summed E-state index contributed by atoms with van der Waals surface area (Å²) in [5.74, 6) is -2.34. The van der Waals surface area contributed by atoms with E-state index in [1.165, 1.54) is 0 Å². The van der Waals surface area contributed by atoms with E-state index in [1.54, 1.807) is 22.8 Å². The van der Waals surface area contributed by atoms with Crippen LogP contribution in [0.2, 0.25) is 0 Å². The first-order valence-electron chi connectivity index (χ1n) is 14.0. The Labute approximate surface area is 226 Å². The molecule has 1 spiro atoms. The van der Waals surface area contributed by atoms with Gasteiger partial charge in [0.1, 0.15) is 17.6 Å². The van der Waals surface area contributed by atoms with Crippen molar-refractivity contribution in [3.63, 3.8) is 0 Å². The molecule has 2 amide bonds. The number of benzene rings is 1. The summed E-state index contributed by atoms with van der Waals surface area (Å²) in [5.41, 5.74) is -0.972. The molecular weight excluding hydrogens is 484 g/mol. The van der Waals surface area contributed by atoms with Gasteiger partial charge >= 0.3 is 5.97 Å². The van der Waals surface area contributed by atoms with Gasteiger partial charge in [-0.15, -0.1) is 6.58 Å². The fraction of sp³-hybridized carbons (Fsp3) is 0.633. The van der Waals surface area contributed by atoms with Gasteiger partial charge in [-0.05, 0) is 44.6 Å². The second-order valence-electron chi connectivity index (χ2n) is 11.1. The topological polar surface area (TPSA) is 96.4 Å². The van der Waals surface area contributed by atoms with E-state index >= 15 is 0 Å². The van der Waals surface area contributed by atoms with E-state index in [0.29, 0.717) is 38.9 Å². The zero-order chi connectivity index (χ0) is 27.5. The number of hydrogen-bond donors (Lipinski definition) is 1. The fourth-order valence-corrected chi connectivity index (χ4v) is 6.96. The number of carbonyl (C=O) groups excluding carboxylic acids is 3. The number of amides is 2. The minimum atomic E-state index is -1.08. The summed E-state index contributed by atoms with van der Waals surface area (Å²) in [5, 5.41) is 9.14. The van der Waals surface area contributed by atoms with Crippen molar-refractivity contribution >= 4 is 17.8 Å². The standard InChI is InChI=1S/C30H42N2O6/c1-5-16-31(20-22-14-10-9-11-15-22)27(35)25-30-19-21(3)29(4,38-30)24(28(36)37-6-2)23(30)26(34)32(25)17-12-7-8-13-18-33/h5,9-11,14-15,21,23-25,33H,1,6-8,12-13,16-20H2,2-4H3/t21?,23-,24-,25?,29+,30?/m0/s1. The third kappa shape index (κ3) is 4.77. The Hall–Kier alpha value is -2.71. The molecule has 3 heterocycles. The summed E-state index contributed by atoms with van der Waals surface area (Å²) >= 11 is 0.